The van der Waals surface area contributed by atoms with Crippen LogP contribution in [-0.2, 0) is 9.53 Å². The van der Waals surface area contributed by atoms with E-state index in [1.54, 1.807) is 59.7 Å². The number of carbonyl (C=O) groups is 2. The van der Waals surface area contributed by atoms with E-state index in [9.17, 15) is 14.0 Å². The second-order valence-electron chi connectivity index (χ2n) is 9.44. The van der Waals surface area contributed by atoms with Crippen molar-refractivity contribution in [2.24, 2.45) is 5.10 Å². The van der Waals surface area contributed by atoms with Gasteiger partial charge in [-0.15, -0.1) is 11.3 Å². The maximum absolute atomic E-state index is 13.8. The standard InChI is InChI=1S/C29H31FN4O4S/c1-37-24-10-6-22(7-11-24)29(36)33(13-12-32-14-16-38-17-15-32)20-28(35)34-26(21-4-8-23(30)9-5-21)19-25(31-34)27-3-2-18-39-27/h2-11,18,26H,12-17,19-20H2,1H3/t26-/m0/s1. The van der Waals surface area contributed by atoms with Gasteiger partial charge in [-0.05, 0) is 53.4 Å². The molecule has 0 radical (unpaired) electrons. The zero-order valence-corrected chi connectivity index (χ0v) is 22.6. The number of nitrogens with zero attached hydrogens (tertiary/aromatic N) is 4. The van der Waals surface area contributed by atoms with Crippen molar-refractivity contribution < 1.29 is 23.5 Å². The third-order valence-electron chi connectivity index (χ3n) is 6.97. The number of amides is 2. The Morgan fingerprint density at radius 1 is 1.10 bits per heavy atom. The molecule has 1 aromatic heterocycles. The summed E-state index contributed by atoms with van der Waals surface area (Å²) in [6.07, 6.45) is 0.512. The predicted octanol–water partition coefficient (Wildman–Crippen LogP) is 4.05. The SMILES string of the molecule is COc1ccc(C(=O)N(CCN2CCOCC2)CC(=O)N2N=C(c3cccs3)C[C@H]2c2ccc(F)cc2)cc1. The van der Waals surface area contributed by atoms with Gasteiger partial charge in [0, 0.05) is 38.2 Å². The Bertz CT molecular complexity index is 1290. The molecular weight excluding hydrogens is 519 g/mol. The molecule has 2 aromatic carbocycles. The zero-order chi connectivity index (χ0) is 27.2. The van der Waals surface area contributed by atoms with Gasteiger partial charge in [0.2, 0.25) is 0 Å². The third-order valence-corrected chi connectivity index (χ3v) is 7.89. The summed E-state index contributed by atoms with van der Waals surface area (Å²) in [6.45, 7) is 3.75. The minimum atomic E-state index is -0.382. The lowest BCUT2D eigenvalue weighted by Gasteiger charge is -2.31. The Hall–Kier alpha value is -3.60. The van der Waals surface area contributed by atoms with Crippen molar-refractivity contribution in [3.05, 3.63) is 87.9 Å². The molecule has 39 heavy (non-hydrogen) atoms. The van der Waals surface area contributed by atoms with Crippen molar-refractivity contribution in [3.8, 4) is 5.75 Å². The van der Waals surface area contributed by atoms with Crippen LogP contribution in [0.2, 0.25) is 0 Å². The lowest BCUT2D eigenvalue weighted by molar-refractivity contribution is -0.133. The van der Waals surface area contributed by atoms with E-state index in [1.165, 1.54) is 17.1 Å². The van der Waals surface area contributed by atoms with Crippen LogP contribution in [0, 0.1) is 5.82 Å². The average Bonchev–Trinajstić information content (AvgIpc) is 3.67. The molecule has 5 rings (SSSR count). The molecular formula is C29H31FN4O4S. The molecule has 1 atom stereocenters. The van der Waals surface area contributed by atoms with Crippen LogP contribution in [-0.4, -0.2) is 85.4 Å². The quantitative estimate of drug-likeness (QED) is 0.402. The number of carbonyl (C=O) groups excluding carboxylic acids is 2. The van der Waals surface area contributed by atoms with Crippen molar-refractivity contribution in [2.75, 3.05) is 53.0 Å². The number of hydrogen-bond donors (Lipinski definition) is 0. The van der Waals surface area contributed by atoms with Crippen LogP contribution in [0.5, 0.6) is 5.75 Å². The number of morpholine rings is 1. The number of halogens is 1. The fraction of sp³-hybridized carbons (Fsp3) is 0.345. The van der Waals surface area contributed by atoms with Gasteiger partial charge < -0.3 is 14.4 Å². The average molecular weight is 551 g/mol. The summed E-state index contributed by atoms with van der Waals surface area (Å²) in [4.78, 5) is 32.2. The van der Waals surface area contributed by atoms with Gasteiger partial charge in [0.15, 0.2) is 0 Å². The van der Waals surface area contributed by atoms with E-state index < -0.39 is 0 Å². The van der Waals surface area contributed by atoms with Gasteiger partial charge in [-0.2, -0.15) is 5.10 Å². The minimum absolute atomic E-state index is 0.131. The highest BCUT2D eigenvalue weighted by Gasteiger charge is 2.35. The molecule has 2 amide bonds. The summed E-state index contributed by atoms with van der Waals surface area (Å²) in [5, 5.41) is 8.14. The topological polar surface area (TPSA) is 74.7 Å². The molecule has 0 bridgehead atoms. The molecule has 2 aliphatic heterocycles. The van der Waals surface area contributed by atoms with E-state index in [0.717, 1.165) is 29.2 Å². The molecule has 1 fully saturated rings. The number of methoxy groups -OCH3 is 1. The Morgan fingerprint density at radius 2 is 1.85 bits per heavy atom. The zero-order valence-electron chi connectivity index (χ0n) is 21.8. The second kappa shape index (κ2) is 12.5. The normalized spacial score (nSPS) is 17.6. The number of thiophene rings is 1. The summed E-state index contributed by atoms with van der Waals surface area (Å²) >= 11 is 1.56. The third kappa shape index (κ3) is 6.52. The van der Waals surface area contributed by atoms with Crippen LogP contribution in [0.4, 0.5) is 4.39 Å². The fourth-order valence-electron chi connectivity index (χ4n) is 4.77. The highest BCUT2D eigenvalue weighted by Crippen LogP contribution is 2.34. The van der Waals surface area contributed by atoms with Crippen molar-refractivity contribution in [1.29, 1.82) is 0 Å². The molecule has 10 heteroatoms. The molecule has 3 aromatic rings. The molecule has 8 nitrogen and oxygen atoms in total. The maximum atomic E-state index is 13.8. The Kier molecular flexibility index (Phi) is 8.65. The van der Waals surface area contributed by atoms with Gasteiger partial charge in [-0.1, -0.05) is 18.2 Å². The first kappa shape index (κ1) is 27.0. The Labute approximate surface area is 231 Å². The van der Waals surface area contributed by atoms with Gasteiger partial charge in [0.1, 0.15) is 18.1 Å². The number of rotatable bonds is 9. The van der Waals surface area contributed by atoms with Gasteiger partial charge in [0.25, 0.3) is 11.8 Å². The maximum Gasteiger partial charge on any atom is 0.262 e. The summed E-state index contributed by atoms with van der Waals surface area (Å²) in [5.74, 6) is -0.218. The van der Waals surface area contributed by atoms with Gasteiger partial charge in [-0.3, -0.25) is 14.5 Å². The van der Waals surface area contributed by atoms with Crippen LogP contribution >= 0.6 is 11.3 Å². The highest BCUT2D eigenvalue weighted by molar-refractivity contribution is 7.12. The Morgan fingerprint density at radius 3 is 2.51 bits per heavy atom. The molecule has 0 saturated carbocycles. The van der Waals surface area contributed by atoms with Crippen LogP contribution in [0.1, 0.15) is 33.3 Å². The van der Waals surface area contributed by atoms with Crippen LogP contribution in [0.3, 0.4) is 0 Å². The van der Waals surface area contributed by atoms with E-state index >= 15 is 0 Å². The summed E-state index contributed by atoms with van der Waals surface area (Å²) in [7, 11) is 1.57. The molecule has 204 valence electrons. The van der Waals surface area contributed by atoms with Crippen molar-refractivity contribution in [3.63, 3.8) is 0 Å². The number of hydrogen-bond acceptors (Lipinski definition) is 7. The smallest absolute Gasteiger partial charge is 0.262 e. The second-order valence-corrected chi connectivity index (χ2v) is 10.4. The lowest BCUT2D eigenvalue weighted by Crippen LogP contribution is -2.46. The first-order valence-electron chi connectivity index (χ1n) is 12.9. The van der Waals surface area contributed by atoms with E-state index in [-0.39, 0.29) is 30.2 Å². The largest absolute Gasteiger partial charge is 0.497 e. The molecule has 1 saturated heterocycles. The summed E-state index contributed by atoms with van der Waals surface area (Å²) < 4.78 is 24.3. The number of benzene rings is 2. The monoisotopic (exact) mass is 550 g/mol. The van der Waals surface area contributed by atoms with Gasteiger partial charge >= 0.3 is 0 Å². The van der Waals surface area contributed by atoms with Gasteiger partial charge in [0.05, 0.1) is 37.0 Å². The van der Waals surface area contributed by atoms with E-state index in [1.807, 2.05) is 17.5 Å². The molecule has 3 heterocycles. The number of hydrazone groups is 1. The van der Waals surface area contributed by atoms with Crippen LogP contribution in [0.15, 0.2) is 71.1 Å². The first-order valence-corrected chi connectivity index (χ1v) is 13.8. The van der Waals surface area contributed by atoms with Crippen molar-refractivity contribution >= 4 is 28.9 Å². The van der Waals surface area contributed by atoms with E-state index in [0.29, 0.717) is 44.0 Å². The summed E-state index contributed by atoms with van der Waals surface area (Å²) in [5.41, 5.74) is 2.07. The molecule has 0 N–H and O–H groups in total. The predicted molar refractivity (Wildman–Crippen MR) is 148 cm³/mol. The van der Waals surface area contributed by atoms with Gasteiger partial charge in [-0.25, -0.2) is 9.40 Å². The summed E-state index contributed by atoms with van der Waals surface area (Å²) in [6, 6.07) is 16.6. The lowest BCUT2D eigenvalue weighted by atomic mass is 10.0. The minimum Gasteiger partial charge on any atom is -0.497 e. The Balaban J connectivity index is 1.38. The molecule has 0 spiro atoms. The van der Waals surface area contributed by atoms with E-state index in [4.69, 9.17) is 14.6 Å². The van der Waals surface area contributed by atoms with Crippen LogP contribution in [0.25, 0.3) is 0 Å². The molecule has 0 aliphatic carbocycles. The van der Waals surface area contributed by atoms with Crippen LogP contribution < -0.4 is 4.74 Å². The molecule has 0 unspecified atom stereocenters. The molecule has 2 aliphatic rings. The number of ether oxygens (including phenoxy) is 2. The fourth-order valence-corrected chi connectivity index (χ4v) is 5.49. The van der Waals surface area contributed by atoms with Crippen molar-refractivity contribution in [1.82, 2.24) is 14.8 Å². The first-order chi connectivity index (χ1) is 19.0. The van der Waals surface area contributed by atoms with Crippen molar-refractivity contribution in [2.45, 2.75) is 12.5 Å². The van der Waals surface area contributed by atoms with E-state index in [2.05, 4.69) is 4.90 Å². The highest BCUT2D eigenvalue weighted by atomic mass is 32.1.